The van der Waals surface area contributed by atoms with Gasteiger partial charge in [0.05, 0.1) is 23.0 Å². The Morgan fingerprint density at radius 2 is 1.81 bits per heavy atom. The molecule has 0 saturated carbocycles. The second-order valence-corrected chi connectivity index (χ2v) is 7.36. The highest BCUT2D eigenvalue weighted by atomic mass is 16.6. The van der Waals surface area contributed by atoms with E-state index in [2.05, 4.69) is 10.7 Å². The number of rotatable bonds is 6. The highest BCUT2D eigenvalue weighted by molar-refractivity contribution is 5.93. The summed E-state index contributed by atoms with van der Waals surface area (Å²) in [6.07, 6.45) is 0. The normalized spacial score (nSPS) is 20.1. The Morgan fingerprint density at radius 1 is 1.19 bits per heavy atom. The smallest absolute Gasteiger partial charge is 0.338 e. The predicted molar refractivity (Wildman–Crippen MR) is 116 cm³/mol. The van der Waals surface area contributed by atoms with Gasteiger partial charge >= 0.3 is 12.0 Å². The molecule has 10 heteroatoms. The van der Waals surface area contributed by atoms with Crippen molar-refractivity contribution >= 4 is 23.4 Å². The third-order valence-electron chi connectivity index (χ3n) is 5.19. The first-order chi connectivity index (χ1) is 15.2. The quantitative estimate of drug-likeness (QED) is 0.356. The Balaban J connectivity index is 1.96. The van der Waals surface area contributed by atoms with Gasteiger partial charge in [0.2, 0.25) is 0 Å². The van der Waals surface area contributed by atoms with Crippen LogP contribution in [0.15, 0.2) is 65.9 Å². The fourth-order valence-corrected chi connectivity index (χ4v) is 3.80. The molecular weight excluding hydrogens is 416 g/mol. The lowest BCUT2D eigenvalue weighted by molar-refractivity contribution is -0.384. The van der Waals surface area contributed by atoms with Gasteiger partial charge in [-0.25, -0.2) is 15.0 Å². The number of anilines is 1. The first-order valence-electron chi connectivity index (χ1n) is 9.94. The number of carbonyl (C=O) groups is 2. The Morgan fingerprint density at radius 3 is 2.38 bits per heavy atom. The van der Waals surface area contributed by atoms with Crippen LogP contribution in [0, 0.1) is 10.1 Å². The van der Waals surface area contributed by atoms with Crippen molar-refractivity contribution in [3.05, 3.63) is 81.5 Å². The standard InChI is InChI=1S/C22H24N4O6/c1-4-32-20(27)18-14(2)25(24-21(28)23-16-8-6-5-7-9-16)22(3,29)19(18)15-10-12-17(13-11-15)26(30)31/h5-13,19,29H,4H2,1-3H3,(H2,23,24,28). The molecule has 3 N–H and O–H groups in total. The molecule has 0 bridgehead atoms. The average molecular weight is 440 g/mol. The summed E-state index contributed by atoms with van der Waals surface area (Å²) >= 11 is 0. The zero-order valence-corrected chi connectivity index (χ0v) is 17.9. The van der Waals surface area contributed by atoms with Gasteiger partial charge in [0.25, 0.3) is 5.69 Å². The summed E-state index contributed by atoms with van der Waals surface area (Å²) in [6, 6.07) is 13.6. The second-order valence-electron chi connectivity index (χ2n) is 7.36. The van der Waals surface area contributed by atoms with Crippen molar-refractivity contribution in [2.24, 2.45) is 0 Å². The van der Waals surface area contributed by atoms with Crippen molar-refractivity contribution in [2.75, 3.05) is 11.9 Å². The Hall–Kier alpha value is -3.92. The molecule has 3 rings (SSSR count). The van der Waals surface area contributed by atoms with Crippen LogP contribution in [0.25, 0.3) is 0 Å². The number of amides is 2. The maximum atomic E-state index is 12.8. The number of aliphatic hydroxyl groups is 1. The Labute approximate surface area is 184 Å². The Kier molecular flexibility index (Phi) is 6.45. The molecule has 1 aliphatic rings. The van der Waals surface area contributed by atoms with E-state index in [1.165, 1.54) is 36.2 Å². The van der Waals surface area contributed by atoms with Crippen LogP contribution in [-0.2, 0) is 9.53 Å². The van der Waals surface area contributed by atoms with Gasteiger partial charge in [0.15, 0.2) is 5.72 Å². The number of para-hydroxylation sites is 1. The maximum absolute atomic E-state index is 12.8. The van der Waals surface area contributed by atoms with Gasteiger partial charge < -0.3 is 15.2 Å². The predicted octanol–water partition coefficient (Wildman–Crippen LogP) is 3.28. The topological polar surface area (TPSA) is 134 Å². The number of nitro benzene ring substituents is 1. The third kappa shape index (κ3) is 4.40. The minimum atomic E-state index is -1.77. The fraction of sp³-hybridized carbons (Fsp3) is 0.273. The molecule has 2 aromatic carbocycles. The number of nitro groups is 1. The van der Waals surface area contributed by atoms with Gasteiger partial charge in [0.1, 0.15) is 0 Å². The van der Waals surface area contributed by atoms with E-state index in [4.69, 9.17) is 4.74 Å². The van der Waals surface area contributed by atoms with Crippen LogP contribution in [0.4, 0.5) is 16.2 Å². The van der Waals surface area contributed by atoms with Crippen molar-refractivity contribution in [1.29, 1.82) is 0 Å². The number of allylic oxidation sites excluding steroid dienone is 1. The summed E-state index contributed by atoms with van der Waals surface area (Å²) in [6.45, 7) is 4.80. The van der Waals surface area contributed by atoms with Gasteiger partial charge in [-0.1, -0.05) is 30.3 Å². The molecule has 0 saturated heterocycles. The van der Waals surface area contributed by atoms with Crippen LogP contribution >= 0.6 is 0 Å². The highest BCUT2D eigenvalue weighted by Crippen LogP contribution is 2.46. The molecule has 10 nitrogen and oxygen atoms in total. The van der Waals surface area contributed by atoms with E-state index in [1.54, 1.807) is 38.1 Å². The lowest BCUT2D eigenvalue weighted by Crippen LogP contribution is -2.55. The lowest BCUT2D eigenvalue weighted by atomic mass is 9.85. The van der Waals surface area contributed by atoms with Gasteiger partial charge in [-0.2, -0.15) is 0 Å². The number of urea groups is 1. The minimum absolute atomic E-state index is 0.118. The van der Waals surface area contributed by atoms with Crippen molar-refractivity contribution in [3.8, 4) is 0 Å². The summed E-state index contributed by atoms with van der Waals surface area (Å²) in [5.74, 6) is -1.58. The number of nitrogens with zero attached hydrogens (tertiary/aromatic N) is 2. The van der Waals surface area contributed by atoms with Crippen molar-refractivity contribution in [2.45, 2.75) is 32.4 Å². The van der Waals surface area contributed by atoms with E-state index in [0.29, 0.717) is 16.9 Å². The molecule has 1 aliphatic heterocycles. The largest absolute Gasteiger partial charge is 0.463 e. The molecule has 0 aliphatic carbocycles. The molecule has 0 aromatic heterocycles. The van der Waals surface area contributed by atoms with Crippen LogP contribution in [0.1, 0.15) is 32.3 Å². The number of benzene rings is 2. The molecule has 0 fully saturated rings. The Bertz CT molecular complexity index is 1050. The van der Waals surface area contributed by atoms with Crippen LogP contribution in [0.3, 0.4) is 0 Å². The highest BCUT2D eigenvalue weighted by Gasteiger charge is 2.52. The van der Waals surface area contributed by atoms with E-state index in [1.807, 2.05) is 6.07 Å². The van der Waals surface area contributed by atoms with Gasteiger partial charge in [0, 0.05) is 23.5 Å². The van der Waals surface area contributed by atoms with Gasteiger partial charge in [-0.15, -0.1) is 0 Å². The van der Waals surface area contributed by atoms with Crippen molar-refractivity contribution in [3.63, 3.8) is 0 Å². The summed E-state index contributed by atoms with van der Waals surface area (Å²) in [7, 11) is 0. The first-order valence-corrected chi connectivity index (χ1v) is 9.94. The van der Waals surface area contributed by atoms with Gasteiger partial charge in [-0.3, -0.25) is 15.1 Å². The van der Waals surface area contributed by atoms with E-state index < -0.39 is 28.6 Å². The van der Waals surface area contributed by atoms with Crippen LogP contribution in [0.2, 0.25) is 0 Å². The molecule has 0 spiro atoms. The van der Waals surface area contributed by atoms with Crippen LogP contribution in [0.5, 0.6) is 0 Å². The average Bonchev–Trinajstić information content (AvgIpc) is 2.95. The lowest BCUT2D eigenvalue weighted by Gasteiger charge is -2.37. The molecule has 2 unspecified atom stereocenters. The summed E-state index contributed by atoms with van der Waals surface area (Å²) < 4.78 is 5.18. The molecule has 2 amide bonds. The number of hydrogen-bond acceptors (Lipinski definition) is 7. The van der Waals surface area contributed by atoms with Crippen molar-refractivity contribution in [1.82, 2.24) is 10.4 Å². The van der Waals surface area contributed by atoms with E-state index >= 15 is 0 Å². The van der Waals surface area contributed by atoms with E-state index in [-0.39, 0.29) is 17.9 Å². The summed E-state index contributed by atoms with van der Waals surface area (Å²) in [5.41, 5.74) is 2.13. The van der Waals surface area contributed by atoms with E-state index in [9.17, 15) is 24.8 Å². The summed E-state index contributed by atoms with van der Waals surface area (Å²) in [4.78, 5) is 35.8. The number of hydrazine groups is 1. The number of nitrogens with one attached hydrogen (secondary N) is 2. The van der Waals surface area contributed by atoms with Crippen LogP contribution in [-0.4, -0.2) is 39.4 Å². The number of esters is 1. The molecule has 168 valence electrons. The molecule has 2 aromatic rings. The summed E-state index contributed by atoms with van der Waals surface area (Å²) in [5, 5.41) is 26.3. The second kappa shape index (κ2) is 9.06. The molecule has 32 heavy (non-hydrogen) atoms. The van der Waals surface area contributed by atoms with Gasteiger partial charge in [-0.05, 0) is 38.5 Å². The molecule has 0 radical (unpaired) electrons. The fourth-order valence-electron chi connectivity index (χ4n) is 3.80. The number of carbonyl (C=O) groups excluding carboxylic acids is 2. The molecule has 2 atom stereocenters. The molecule has 1 heterocycles. The maximum Gasteiger partial charge on any atom is 0.338 e. The SMILES string of the molecule is CCOC(=O)C1=C(C)N(NC(=O)Nc2ccccc2)C(C)(O)C1c1ccc([N+](=O)[O-])cc1. The number of non-ortho nitro benzene ring substituents is 1. The minimum Gasteiger partial charge on any atom is -0.463 e. The first kappa shape index (κ1) is 22.8. The van der Waals surface area contributed by atoms with E-state index in [0.717, 1.165) is 0 Å². The molecular formula is C22H24N4O6. The zero-order chi connectivity index (χ0) is 23.5. The van der Waals surface area contributed by atoms with Crippen LogP contribution < -0.4 is 10.7 Å². The third-order valence-corrected chi connectivity index (χ3v) is 5.19. The monoisotopic (exact) mass is 440 g/mol. The number of hydrogen-bond donors (Lipinski definition) is 3. The van der Waals surface area contributed by atoms with Crippen molar-refractivity contribution < 1.29 is 24.4 Å². The zero-order valence-electron chi connectivity index (χ0n) is 17.9. The number of ether oxygens (including phenoxy) is 1.